The van der Waals surface area contributed by atoms with Crippen molar-refractivity contribution < 1.29 is 18.8 Å². The molecule has 0 aromatic heterocycles. The predicted octanol–water partition coefficient (Wildman–Crippen LogP) is 2.83. The highest BCUT2D eigenvalue weighted by molar-refractivity contribution is 6.74. The first-order valence-electron chi connectivity index (χ1n) is 8.86. The molecule has 1 heterocycles. The molecule has 7 nitrogen and oxygen atoms in total. The van der Waals surface area contributed by atoms with Crippen molar-refractivity contribution in [2.75, 3.05) is 19.7 Å². The van der Waals surface area contributed by atoms with Crippen molar-refractivity contribution in [3.05, 3.63) is 0 Å². The molecule has 0 spiro atoms. The molecular formula is C17H35N3O4Si. The van der Waals surface area contributed by atoms with Crippen molar-refractivity contribution in [3.8, 4) is 0 Å². The molecule has 3 amide bonds. The lowest BCUT2D eigenvalue weighted by Gasteiger charge is -2.38. The second-order valence-corrected chi connectivity index (χ2v) is 14.0. The Hall–Kier alpha value is -1.28. The summed E-state index contributed by atoms with van der Waals surface area (Å²) in [5.41, 5.74) is -0.566. The van der Waals surface area contributed by atoms with Gasteiger partial charge in [0.05, 0.1) is 6.04 Å². The van der Waals surface area contributed by atoms with Crippen LogP contribution in [-0.2, 0) is 9.16 Å². The van der Waals surface area contributed by atoms with Gasteiger partial charge in [-0.05, 0) is 38.9 Å². The molecule has 0 unspecified atom stereocenters. The number of carbonyl (C=O) groups excluding carboxylic acids is 2. The zero-order valence-corrected chi connectivity index (χ0v) is 17.9. The minimum Gasteiger partial charge on any atom is -0.444 e. The molecule has 0 aliphatic carbocycles. The molecule has 2 atom stereocenters. The predicted molar refractivity (Wildman–Crippen MR) is 101 cm³/mol. The maximum absolute atomic E-state index is 12.1. The van der Waals surface area contributed by atoms with Crippen LogP contribution in [0.5, 0.6) is 0 Å². The molecule has 3 N–H and O–H groups in total. The van der Waals surface area contributed by atoms with Crippen molar-refractivity contribution in [2.24, 2.45) is 5.92 Å². The third-order valence-corrected chi connectivity index (χ3v) is 9.24. The Morgan fingerprint density at radius 2 is 1.72 bits per heavy atom. The smallest absolute Gasteiger partial charge is 0.407 e. The van der Waals surface area contributed by atoms with E-state index in [-0.39, 0.29) is 23.0 Å². The van der Waals surface area contributed by atoms with Crippen molar-refractivity contribution in [1.29, 1.82) is 0 Å². The van der Waals surface area contributed by atoms with E-state index >= 15 is 0 Å². The number of carbonyl (C=O) groups is 2. The van der Waals surface area contributed by atoms with Crippen molar-refractivity contribution >= 4 is 20.4 Å². The van der Waals surface area contributed by atoms with Crippen LogP contribution in [0.3, 0.4) is 0 Å². The highest BCUT2D eigenvalue weighted by Crippen LogP contribution is 2.36. The Morgan fingerprint density at radius 1 is 1.16 bits per heavy atom. The molecule has 0 saturated carbocycles. The number of hydrogen-bond donors (Lipinski definition) is 3. The average molecular weight is 374 g/mol. The fraction of sp³-hybridized carbons (Fsp3) is 0.882. The zero-order chi connectivity index (χ0) is 19.5. The third-order valence-electron chi connectivity index (χ3n) is 4.74. The second kappa shape index (κ2) is 7.95. The van der Waals surface area contributed by atoms with E-state index in [4.69, 9.17) is 9.16 Å². The van der Waals surface area contributed by atoms with Gasteiger partial charge in [0.2, 0.25) is 0 Å². The summed E-state index contributed by atoms with van der Waals surface area (Å²) in [5.74, 6) is -0.0272. The molecule has 1 aliphatic heterocycles. The Balaban J connectivity index is 2.77. The van der Waals surface area contributed by atoms with Gasteiger partial charge in [0.1, 0.15) is 5.60 Å². The zero-order valence-electron chi connectivity index (χ0n) is 16.9. The first-order chi connectivity index (χ1) is 11.2. The average Bonchev–Trinajstić information content (AvgIpc) is 2.56. The Kier molecular flexibility index (Phi) is 6.92. The standard InChI is InChI=1S/C17H35N3O4Si/c1-16(2,3)24-15(22)20-13-10-19-14(21)18-9-12(13)11-23-25(7,8)17(4,5)6/h12-13H,9-11H2,1-8H3,(H,20,22)(H2,18,19,21)/t12-,13+/m0/s1. The number of urea groups is 1. The quantitative estimate of drug-likeness (QED) is 0.661. The summed E-state index contributed by atoms with van der Waals surface area (Å²) >= 11 is 0. The molecule has 0 aromatic rings. The lowest BCUT2D eigenvalue weighted by molar-refractivity contribution is 0.0477. The molecule has 146 valence electrons. The van der Waals surface area contributed by atoms with Crippen molar-refractivity contribution in [2.45, 2.75) is 71.3 Å². The maximum Gasteiger partial charge on any atom is 0.407 e. The largest absolute Gasteiger partial charge is 0.444 e. The van der Waals surface area contributed by atoms with Gasteiger partial charge in [-0.15, -0.1) is 0 Å². The van der Waals surface area contributed by atoms with E-state index in [1.807, 2.05) is 20.8 Å². The third kappa shape index (κ3) is 7.23. The Bertz CT molecular complexity index is 483. The van der Waals surface area contributed by atoms with E-state index in [9.17, 15) is 9.59 Å². The van der Waals surface area contributed by atoms with Crippen LogP contribution >= 0.6 is 0 Å². The van der Waals surface area contributed by atoms with Gasteiger partial charge >= 0.3 is 12.1 Å². The number of ether oxygens (including phenoxy) is 1. The minimum atomic E-state index is -1.91. The minimum absolute atomic E-state index is 0.0272. The summed E-state index contributed by atoms with van der Waals surface area (Å²) in [4.78, 5) is 23.8. The van der Waals surface area contributed by atoms with Crippen LogP contribution in [0.15, 0.2) is 0 Å². The van der Waals surface area contributed by atoms with Gasteiger partial charge < -0.3 is 25.1 Å². The number of hydrogen-bond acceptors (Lipinski definition) is 4. The summed E-state index contributed by atoms with van der Waals surface area (Å²) in [6.07, 6.45) is -0.481. The van der Waals surface area contributed by atoms with Gasteiger partial charge in [0, 0.05) is 25.6 Å². The lowest BCUT2D eigenvalue weighted by Crippen LogP contribution is -2.51. The van der Waals surface area contributed by atoms with Gasteiger partial charge in [-0.3, -0.25) is 0 Å². The molecule has 1 rings (SSSR count). The molecule has 8 heteroatoms. The van der Waals surface area contributed by atoms with Crippen LogP contribution in [0.25, 0.3) is 0 Å². The van der Waals surface area contributed by atoms with E-state index in [1.165, 1.54) is 0 Å². The highest BCUT2D eigenvalue weighted by Gasteiger charge is 2.39. The van der Waals surface area contributed by atoms with E-state index in [2.05, 4.69) is 49.8 Å². The molecule has 1 aliphatic rings. The molecule has 1 fully saturated rings. The topological polar surface area (TPSA) is 88.7 Å². The second-order valence-electron chi connectivity index (χ2n) is 9.18. The Labute approximate surface area is 152 Å². The first-order valence-corrected chi connectivity index (χ1v) is 11.8. The van der Waals surface area contributed by atoms with Gasteiger partial charge in [0.15, 0.2) is 8.32 Å². The number of nitrogens with one attached hydrogen (secondary N) is 3. The summed E-state index contributed by atoms with van der Waals surface area (Å²) < 4.78 is 11.6. The SMILES string of the molecule is CC(C)(C)OC(=O)N[C@@H]1CNC(=O)NC[C@H]1CO[Si](C)(C)C(C)(C)C. The van der Waals surface area contributed by atoms with Crippen molar-refractivity contribution in [3.63, 3.8) is 0 Å². The van der Waals surface area contributed by atoms with Gasteiger partial charge in [-0.1, -0.05) is 20.8 Å². The first kappa shape index (κ1) is 21.8. The van der Waals surface area contributed by atoms with Gasteiger partial charge in [-0.25, -0.2) is 9.59 Å². The molecular weight excluding hydrogens is 338 g/mol. The molecule has 0 aromatic carbocycles. The lowest BCUT2D eigenvalue weighted by atomic mass is 10.0. The molecule has 25 heavy (non-hydrogen) atoms. The van der Waals surface area contributed by atoms with E-state index < -0.39 is 20.0 Å². The normalized spacial score (nSPS) is 22.5. The van der Waals surface area contributed by atoms with Gasteiger partial charge in [0.25, 0.3) is 0 Å². The summed E-state index contributed by atoms with van der Waals surface area (Å²) in [7, 11) is -1.91. The van der Waals surface area contributed by atoms with Crippen LogP contribution in [0.4, 0.5) is 9.59 Å². The molecule has 0 bridgehead atoms. The molecule has 1 saturated heterocycles. The fourth-order valence-electron chi connectivity index (χ4n) is 2.13. The summed E-state index contributed by atoms with van der Waals surface area (Å²) in [6, 6.07) is -0.482. The monoisotopic (exact) mass is 373 g/mol. The van der Waals surface area contributed by atoms with Crippen molar-refractivity contribution in [1.82, 2.24) is 16.0 Å². The maximum atomic E-state index is 12.1. The van der Waals surface area contributed by atoms with Crippen LogP contribution in [-0.4, -0.2) is 51.8 Å². The van der Waals surface area contributed by atoms with Crippen LogP contribution in [0.1, 0.15) is 41.5 Å². The van der Waals surface area contributed by atoms with Crippen LogP contribution < -0.4 is 16.0 Å². The van der Waals surface area contributed by atoms with E-state index in [1.54, 1.807) is 0 Å². The van der Waals surface area contributed by atoms with Crippen LogP contribution in [0, 0.1) is 5.92 Å². The Morgan fingerprint density at radius 3 is 2.24 bits per heavy atom. The highest BCUT2D eigenvalue weighted by atomic mass is 28.4. The number of amides is 3. The number of rotatable bonds is 4. The summed E-state index contributed by atoms with van der Waals surface area (Å²) in [5, 5.41) is 8.56. The van der Waals surface area contributed by atoms with E-state index in [0.717, 1.165) is 0 Å². The van der Waals surface area contributed by atoms with Crippen LogP contribution in [0.2, 0.25) is 18.1 Å². The number of alkyl carbamates (subject to hydrolysis) is 1. The van der Waals surface area contributed by atoms with E-state index in [0.29, 0.717) is 19.7 Å². The van der Waals surface area contributed by atoms with Gasteiger partial charge in [-0.2, -0.15) is 0 Å². The fourth-order valence-corrected chi connectivity index (χ4v) is 3.20. The molecule has 0 radical (unpaired) electrons. The summed E-state index contributed by atoms with van der Waals surface area (Å²) in [6.45, 7) is 17.7.